The molecule has 0 aliphatic rings. The van der Waals surface area contributed by atoms with Crippen LogP contribution >= 0.6 is 0 Å². The molecule has 0 radical (unpaired) electrons. The lowest BCUT2D eigenvalue weighted by atomic mass is 10.1. The van der Waals surface area contributed by atoms with Crippen molar-refractivity contribution in [2.24, 2.45) is 0 Å². The average molecular weight is 182 g/mol. The normalized spacial score (nSPS) is 9.62. The van der Waals surface area contributed by atoms with Crippen molar-refractivity contribution < 1.29 is 14.3 Å². The zero-order valence-corrected chi connectivity index (χ0v) is 7.20. The Morgan fingerprint density at radius 1 is 1.31 bits per heavy atom. The number of carbonyl (C=O) groups excluding carboxylic acids is 1. The van der Waals surface area contributed by atoms with Crippen LogP contribution < -0.4 is 0 Å². The third-order valence-corrected chi connectivity index (χ3v) is 1.78. The monoisotopic (exact) mass is 182 g/mol. The first kappa shape index (κ1) is 9.71. The quantitative estimate of drug-likeness (QED) is 0.714. The van der Waals surface area contributed by atoms with E-state index in [0.29, 0.717) is 6.42 Å². The minimum Gasteiger partial charge on any atom is -0.255 e. The second kappa shape index (κ2) is 5.30. The Bertz CT molecular complexity index is 259. The Balaban J connectivity index is 2.24. The highest BCUT2D eigenvalue weighted by Gasteiger charge is 2.02. The van der Waals surface area contributed by atoms with Crippen LogP contribution in [-0.2, 0) is 16.2 Å². The fraction of sp³-hybridized carbons (Fsp3) is 0.300. The molecule has 0 atom stereocenters. The first-order chi connectivity index (χ1) is 6.33. The summed E-state index contributed by atoms with van der Waals surface area (Å²) in [7, 11) is 0. The van der Waals surface area contributed by atoms with Crippen LogP contribution in [-0.4, -0.2) is 5.97 Å². The van der Waals surface area contributed by atoms with Crippen molar-refractivity contribution >= 4 is 5.97 Å². The summed E-state index contributed by atoms with van der Waals surface area (Å²) in [4.78, 5) is 13.5. The minimum absolute atomic E-state index is 0.130. The molecule has 1 rings (SSSR count). The zero-order chi connectivity index (χ0) is 9.52. The van der Waals surface area contributed by atoms with E-state index in [1.165, 1.54) is 0 Å². The minimum atomic E-state index is -0.795. The molecule has 2 nitrogen and oxygen atoms in total. The first-order valence-electron chi connectivity index (χ1n) is 4.18. The second-order valence-corrected chi connectivity index (χ2v) is 2.79. The number of benzene rings is 1. The molecule has 0 spiro atoms. The summed E-state index contributed by atoms with van der Waals surface area (Å²) >= 11 is 0. The van der Waals surface area contributed by atoms with Crippen molar-refractivity contribution in [1.82, 2.24) is 0 Å². The van der Waals surface area contributed by atoms with Gasteiger partial charge >= 0.3 is 5.97 Å². The molecule has 0 saturated carbocycles. The van der Waals surface area contributed by atoms with E-state index in [9.17, 15) is 9.32 Å². The number of carbonyl (C=O) groups is 1. The predicted octanol–water partition coefficient (Wildman–Crippen LogP) is 2.44. The number of hydrogen-bond donors (Lipinski definition) is 0. The Hall–Kier alpha value is -1.38. The second-order valence-electron chi connectivity index (χ2n) is 2.79. The molecule has 0 aliphatic heterocycles. The highest BCUT2D eigenvalue weighted by atomic mass is 19.3. The van der Waals surface area contributed by atoms with Gasteiger partial charge in [-0.25, -0.2) is 4.79 Å². The predicted molar refractivity (Wildman–Crippen MR) is 46.6 cm³/mol. The molecular formula is C10H11FO2. The fourth-order valence-electron chi connectivity index (χ4n) is 1.12. The van der Waals surface area contributed by atoms with Crippen molar-refractivity contribution in [1.29, 1.82) is 0 Å². The van der Waals surface area contributed by atoms with E-state index < -0.39 is 5.97 Å². The van der Waals surface area contributed by atoms with Crippen molar-refractivity contribution in [3.05, 3.63) is 35.9 Å². The summed E-state index contributed by atoms with van der Waals surface area (Å²) in [6.45, 7) is 0. The smallest absolute Gasteiger partial charge is 0.255 e. The van der Waals surface area contributed by atoms with Crippen molar-refractivity contribution in [2.75, 3.05) is 0 Å². The molecule has 0 amide bonds. The van der Waals surface area contributed by atoms with E-state index in [1.807, 2.05) is 30.3 Å². The summed E-state index contributed by atoms with van der Waals surface area (Å²) in [6, 6.07) is 9.74. The van der Waals surface area contributed by atoms with Crippen molar-refractivity contribution in [3.63, 3.8) is 0 Å². The highest BCUT2D eigenvalue weighted by molar-refractivity contribution is 5.68. The van der Waals surface area contributed by atoms with Crippen LogP contribution in [0, 0.1) is 0 Å². The maximum absolute atomic E-state index is 11.3. The van der Waals surface area contributed by atoms with Crippen LogP contribution in [0.2, 0.25) is 0 Å². The topological polar surface area (TPSA) is 26.3 Å². The van der Waals surface area contributed by atoms with Gasteiger partial charge in [-0.3, -0.25) is 4.94 Å². The third kappa shape index (κ3) is 3.69. The van der Waals surface area contributed by atoms with E-state index in [0.717, 1.165) is 12.0 Å². The molecule has 0 fully saturated rings. The van der Waals surface area contributed by atoms with E-state index in [2.05, 4.69) is 4.94 Å². The number of rotatable bonds is 4. The standard InChI is InChI=1S/C10H11FO2/c11-13-10(12)8-4-7-9-5-2-1-3-6-9/h1-3,5-6H,4,7-8H2. The van der Waals surface area contributed by atoms with E-state index in [4.69, 9.17) is 0 Å². The molecule has 1 aromatic carbocycles. The molecule has 0 aliphatic carbocycles. The number of hydrogen-bond acceptors (Lipinski definition) is 2. The first-order valence-corrected chi connectivity index (χ1v) is 4.18. The number of aryl methyl sites for hydroxylation is 1. The van der Waals surface area contributed by atoms with Gasteiger partial charge in [0.15, 0.2) is 0 Å². The van der Waals surface area contributed by atoms with Crippen LogP contribution in [0.3, 0.4) is 0 Å². The summed E-state index contributed by atoms with van der Waals surface area (Å²) in [5.74, 6) is -0.795. The van der Waals surface area contributed by atoms with Crippen LogP contribution in [0.4, 0.5) is 4.53 Å². The highest BCUT2D eigenvalue weighted by Crippen LogP contribution is 2.04. The van der Waals surface area contributed by atoms with E-state index in [-0.39, 0.29) is 6.42 Å². The van der Waals surface area contributed by atoms with E-state index >= 15 is 0 Å². The summed E-state index contributed by atoms with van der Waals surface area (Å²) < 4.78 is 11.3. The molecule has 0 bridgehead atoms. The fourth-order valence-corrected chi connectivity index (χ4v) is 1.12. The molecule has 0 unspecified atom stereocenters. The lowest BCUT2D eigenvalue weighted by molar-refractivity contribution is -0.183. The molecule has 0 heterocycles. The van der Waals surface area contributed by atoms with Gasteiger partial charge in [-0.15, -0.1) is 0 Å². The Morgan fingerprint density at radius 2 is 2.00 bits per heavy atom. The van der Waals surface area contributed by atoms with Crippen molar-refractivity contribution in [2.45, 2.75) is 19.3 Å². The van der Waals surface area contributed by atoms with E-state index in [1.54, 1.807) is 0 Å². The van der Waals surface area contributed by atoms with Gasteiger partial charge in [0.05, 0.1) is 0 Å². The van der Waals surface area contributed by atoms with Gasteiger partial charge in [0.25, 0.3) is 0 Å². The molecule has 3 heteroatoms. The van der Waals surface area contributed by atoms with Gasteiger partial charge in [-0.05, 0) is 18.4 Å². The molecule has 0 saturated heterocycles. The van der Waals surface area contributed by atoms with Gasteiger partial charge in [0.1, 0.15) is 0 Å². The lowest BCUT2D eigenvalue weighted by Crippen LogP contribution is -1.97. The number of halogens is 1. The summed E-state index contributed by atoms with van der Waals surface area (Å²) in [5.41, 5.74) is 1.15. The van der Waals surface area contributed by atoms with Crippen LogP contribution in [0.5, 0.6) is 0 Å². The maximum Gasteiger partial charge on any atom is 0.348 e. The van der Waals surface area contributed by atoms with Gasteiger partial charge in [0.2, 0.25) is 0 Å². The molecule has 13 heavy (non-hydrogen) atoms. The van der Waals surface area contributed by atoms with Crippen LogP contribution in [0.25, 0.3) is 0 Å². The van der Waals surface area contributed by atoms with Gasteiger partial charge in [-0.2, -0.15) is 0 Å². The van der Waals surface area contributed by atoms with Gasteiger partial charge in [-0.1, -0.05) is 30.3 Å². The molecule has 1 aromatic rings. The zero-order valence-electron chi connectivity index (χ0n) is 7.20. The molecular weight excluding hydrogens is 171 g/mol. The average Bonchev–Trinajstić information content (AvgIpc) is 2.19. The van der Waals surface area contributed by atoms with Gasteiger partial charge in [0, 0.05) is 10.9 Å². The van der Waals surface area contributed by atoms with Gasteiger partial charge < -0.3 is 0 Å². The van der Waals surface area contributed by atoms with Crippen LogP contribution in [0.1, 0.15) is 18.4 Å². The summed E-state index contributed by atoms with van der Waals surface area (Å²) in [6.07, 6.45) is 1.52. The van der Waals surface area contributed by atoms with Crippen molar-refractivity contribution in [3.8, 4) is 0 Å². The maximum atomic E-state index is 11.3. The third-order valence-electron chi connectivity index (χ3n) is 1.78. The molecule has 0 N–H and O–H groups in total. The molecule has 0 aromatic heterocycles. The Kier molecular flexibility index (Phi) is 3.96. The SMILES string of the molecule is O=C(CCCc1ccccc1)OF. The Morgan fingerprint density at radius 3 is 2.62 bits per heavy atom. The Labute approximate surface area is 76.2 Å². The lowest BCUT2D eigenvalue weighted by Gasteiger charge is -1.98. The molecule has 70 valence electrons. The summed E-state index contributed by atoms with van der Waals surface area (Å²) in [5, 5.41) is 0. The van der Waals surface area contributed by atoms with Crippen LogP contribution in [0.15, 0.2) is 30.3 Å². The largest absolute Gasteiger partial charge is 0.348 e.